The van der Waals surface area contributed by atoms with Crippen LogP contribution in [0.15, 0.2) is 30.3 Å². The number of ether oxygens (including phenoxy) is 1. The number of rotatable bonds is 3. The van der Waals surface area contributed by atoms with Crippen LogP contribution in [0, 0.1) is 0 Å². The molecular formula is C8H9BrO. The van der Waals surface area contributed by atoms with Crippen molar-refractivity contribution < 1.29 is 4.74 Å². The normalized spacial score (nSPS) is 9.70. The summed E-state index contributed by atoms with van der Waals surface area (Å²) in [6.07, 6.45) is 0. The third-order valence-electron chi connectivity index (χ3n) is 1.19. The van der Waals surface area contributed by atoms with E-state index in [1.807, 2.05) is 30.3 Å². The van der Waals surface area contributed by atoms with E-state index in [1.54, 1.807) is 0 Å². The van der Waals surface area contributed by atoms with E-state index in [2.05, 4.69) is 15.9 Å². The first-order chi connectivity index (χ1) is 4.93. The molecule has 10 heavy (non-hydrogen) atoms. The monoisotopic (exact) mass is 200 g/mol. The van der Waals surface area contributed by atoms with Crippen molar-refractivity contribution in [1.82, 2.24) is 0 Å². The van der Waals surface area contributed by atoms with Crippen molar-refractivity contribution in [3.05, 3.63) is 35.9 Å². The van der Waals surface area contributed by atoms with Gasteiger partial charge in [0.1, 0.15) is 5.52 Å². The average Bonchev–Trinajstić information content (AvgIpc) is 2.03. The van der Waals surface area contributed by atoms with Gasteiger partial charge in [0.25, 0.3) is 0 Å². The second-order valence-electron chi connectivity index (χ2n) is 1.94. The molecule has 0 atom stereocenters. The Morgan fingerprint density at radius 2 is 1.90 bits per heavy atom. The highest BCUT2D eigenvalue weighted by molar-refractivity contribution is 9.09. The molecule has 1 aromatic rings. The van der Waals surface area contributed by atoms with Gasteiger partial charge < -0.3 is 4.74 Å². The number of halogens is 1. The first-order valence-electron chi connectivity index (χ1n) is 3.11. The fourth-order valence-electron chi connectivity index (χ4n) is 0.731. The highest BCUT2D eigenvalue weighted by Crippen LogP contribution is 2.00. The molecule has 0 saturated carbocycles. The maximum atomic E-state index is 5.14. The number of alkyl halides is 1. The Labute approximate surface area is 69.1 Å². The SMILES string of the molecule is BrCOCc1ccccc1. The molecule has 1 aromatic carbocycles. The second kappa shape index (κ2) is 4.47. The molecular weight excluding hydrogens is 192 g/mol. The van der Waals surface area contributed by atoms with Crippen molar-refractivity contribution >= 4 is 15.9 Å². The van der Waals surface area contributed by atoms with Gasteiger partial charge in [0.05, 0.1) is 6.61 Å². The van der Waals surface area contributed by atoms with Gasteiger partial charge in [0.2, 0.25) is 0 Å². The molecule has 0 heterocycles. The standard InChI is InChI=1S/C8H9BrO/c9-7-10-6-8-4-2-1-3-5-8/h1-5H,6-7H2. The van der Waals surface area contributed by atoms with Crippen molar-refractivity contribution in [1.29, 1.82) is 0 Å². The first kappa shape index (κ1) is 7.76. The molecule has 0 spiro atoms. The molecule has 54 valence electrons. The summed E-state index contributed by atoms with van der Waals surface area (Å²) in [5.41, 5.74) is 1.81. The summed E-state index contributed by atoms with van der Waals surface area (Å²) in [4.78, 5) is 0. The fourth-order valence-corrected chi connectivity index (χ4v) is 0.893. The third kappa shape index (κ3) is 2.50. The molecule has 0 aliphatic heterocycles. The van der Waals surface area contributed by atoms with Crippen LogP contribution >= 0.6 is 15.9 Å². The van der Waals surface area contributed by atoms with Gasteiger partial charge in [-0.3, -0.25) is 0 Å². The predicted octanol–water partition coefficient (Wildman–Crippen LogP) is 2.56. The molecule has 2 heteroatoms. The highest BCUT2D eigenvalue weighted by atomic mass is 79.9. The molecule has 0 radical (unpaired) electrons. The molecule has 1 rings (SSSR count). The van der Waals surface area contributed by atoms with Crippen LogP contribution in [-0.2, 0) is 11.3 Å². The maximum Gasteiger partial charge on any atom is 0.102 e. The van der Waals surface area contributed by atoms with Crippen LogP contribution in [0.1, 0.15) is 5.56 Å². The van der Waals surface area contributed by atoms with Crippen molar-refractivity contribution in [2.45, 2.75) is 6.61 Å². The lowest BCUT2D eigenvalue weighted by molar-refractivity contribution is 0.172. The molecule has 0 aliphatic carbocycles. The van der Waals surface area contributed by atoms with Crippen LogP contribution in [0.25, 0.3) is 0 Å². The largest absolute Gasteiger partial charge is 0.366 e. The zero-order valence-electron chi connectivity index (χ0n) is 5.59. The molecule has 0 fully saturated rings. The number of benzene rings is 1. The molecule has 0 N–H and O–H groups in total. The minimum Gasteiger partial charge on any atom is -0.366 e. The lowest BCUT2D eigenvalue weighted by Crippen LogP contribution is -1.88. The Hall–Kier alpha value is -0.340. The summed E-state index contributed by atoms with van der Waals surface area (Å²) in [6, 6.07) is 10.1. The zero-order chi connectivity index (χ0) is 7.23. The van der Waals surface area contributed by atoms with Crippen LogP contribution in [0.5, 0.6) is 0 Å². The van der Waals surface area contributed by atoms with E-state index in [9.17, 15) is 0 Å². The van der Waals surface area contributed by atoms with Crippen LogP contribution < -0.4 is 0 Å². The maximum absolute atomic E-state index is 5.14. The third-order valence-corrected chi connectivity index (χ3v) is 1.51. The molecule has 0 saturated heterocycles. The topological polar surface area (TPSA) is 9.23 Å². The van der Waals surface area contributed by atoms with Crippen molar-refractivity contribution in [3.63, 3.8) is 0 Å². The summed E-state index contributed by atoms with van der Waals surface area (Å²) in [5.74, 6) is 0. The Morgan fingerprint density at radius 3 is 2.50 bits per heavy atom. The van der Waals surface area contributed by atoms with E-state index in [-0.39, 0.29) is 0 Å². The fraction of sp³-hybridized carbons (Fsp3) is 0.250. The van der Waals surface area contributed by atoms with E-state index >= 15 is 0 Å². The minimum atomic E-state index is 0.599. The number of hydrogen-bond donors (Lipinski definition) is 0. The van der Waals surface area contributed by atoms with Crippen LogP contribution in [0.4, 0.5) is 0 Å². The van der Waals surface area contributed by atoms with Gasteiger partial charge in [0, 0.05) is 0 Å². The van der Waals surface area contributed by atoms with Crippen molar-refractivity contribution in [2.24, 2.45) is 0 Å². The summed E-state index contributed by atoms with van der Waals surface area (Å²) in [7, 11) is 0. The first-order valence-corrected chi connectivity index (χ1v) is 4.23. The van der Waals surface area contributed by atoms with E-state index in [0.29, 0.717) is 12.1 Å². The van der Waals surface area contributed by atoms with Crippen LogP contribution in [-0.4, -0.2) is 5.52 Å². The van der Waals surface area contributed by atoms with E-state index in [1.165, 1.54) is 5.56 Å². The lowest BCUT2D eigenvalue weighted by Gasteiger charge is -1.98. The quantitative estimate of drug-likeness (QED) is 0.683. The van der Waals surface area contributed by atoms with Gasteiger partial charge in [-0.15, -0.1) is 0 Å². The van der Waals surface area contributed by atoms with Crippen molar-refractivity contribution in [3.8, 4) is 0 Å². The van der Waals surface area contributed by atoms with E-state index in [4.69, 9.17) is 4.74 Å². The predicted molar refractivity (Wildman–Crippen MR) is 45.0 cm³/mol. The van der Waals surface area contributed by atoms with Gasteiger partial charge in [-0.2, -0.15) is 0 Å². The molecule has 0 aromatic heterocycles. The Balaban J connectivity index is 2.43. The van der Waals surface area contributed by atoms with Gasteiger partial charge in [-0.1, -0.05) is 46.3 Å². The Morgan fingerprint density at radius 1 is 1.20 bits per heavy atom. The van der Waals surface area contributed by atoms with Gasteiger partial charge in [0.15, 0.2) is 0 Å². The Kier molecular flexibility index (Phi) is 3.47. The minimum absolute atomic E-state index is 0.599. The average molecular weight is 201 g/mol. The molecule has 0 aliphatic rings. The van der Waals surface area contributed by atoms with Crippen LogP contribution in [0.3, 0.4) is 0 Å². The summed E-state index contributed by atoms with van der Waals surface area (Å²) in [6.45, 7) is 0.687. The lowest BCUT2D eigenvalue weighted by atomic mass is 10.2. The molecule has 0 unspecified atom stereocenters. The highest BCUT2D eigenvalue weighted by Gasteiger charge is 1.87. The Bertz CT molecular complexity index is 174. The molecule has 0 bridgehead atoms. The molecule has 1 nitrogen and oxygen atoms in total. The second-order valence-corrected chi connectivity index (χ2v) is 2.40. The van der Waals surface area contributed by atoms with Crippen molar-refractivity contribution in [2.75, 3.05) is 5.52 Å². The summed E-state index contributed by atoms with van der Waals surface area (Å²) >= 11 is 3.18. The van der Waals surface area contributed by atoms with E-state index < -0.39 is 0 Å². The van der Waals surface area contributed by atoms with Gasteiger partial charge in [-0.05, 0) is 5.56 Å². The smallest absolute Gasteiger partial charge is 0.102 e. The van der Waals surface area contributed by atoms with Gasteiger partial charge in [-0.25, -0.2) is 0 Å². The van der Waals surface area contributed by atoms with E-state index in [0.717, 1.165) is 0 Å². The van der Waals surface area contributed by atoms with Gasteiger partial charge >= 0.3 is 0 Å². The number of hydrogen-bond acceptors (Lipinski definition) is 1. The molecule has 0 amide bonds. The summed E-state index contributed by atoms with van der Waals surface area (Å²) < 4.78 is 5.14. The summed E-state index contributed by atoms with van der Waals surface area (Å²) in [5, 5.41) is 0. The zero-order valence-corrected chi connectivity index (χ0v) is 7.17. The van der Waals surface area contributed by atoms with Crippen LogP contribution in [0.2, 0.25) is 0 Å².